The molecule has 22 heavy (non-hydrogen) atoms. The Labute approximate surface area is 134 Å². The van der Waals surface area contributed by atoms with Crippen LogP contribution in [0, 0.1) is 5.82 Å². The minimum absolute atomic E-state index is 0.205. The molecule has 0 bridgehead atoms. The number of hydrogen-bond donors (Lipinski definition) is 2. The standard InChI is InChI=1S/C16H21FN4S/c1-3-14-10-20-15(22-14)11-21-16(18-2)19-9-8-12-4-6-13(17)7-5-12/h4-7,10H,3,8-9,11H2,1-2H3,(H2,18,19,21). The summed E-state index contributed by atoms with van der Waals surface area (Å²) in [5.74, 6) is 0.541. The zero-order valence-corrected chi connectivity index (χ0v) is 13.7. The predicted octanol–water partition coefficient (Wildman–Crippen LogP) is 2.75. The third-order valence-corrected chi connectivity index (χ3v) is 4.34. The number of aliphatic imine (C=N–C) groups is 1. The van der Waals surface area contributed by atoms with Gasteiger partial charge >= 0.3 is 0 Å². The Bertz CT molecular complexity index is 607. The van der Waals surface area contributed by atoms with Gasteiger partial charge in [0.25, 0.3) is 0 Å². The van der Waals surface area contributed by atoms with Crippen molar-refractivity contribution in [3.05, 3.63) is 51.7 Å². The van der Waals surface area contributed by atoms with E-state index in [2.05, 4.69) is 27.5 Å². The first kappa shape index (κ1) is 16.4. The minimum Gasteiger partial charge on any atom is -0.356 e. The van der Waals surface area contributed by atoms with E-state index in [1.807, 2.05) is 6.20 Å². The lowest BCUT2D eigenvalue weighted by atomic mass is 10.1. The zero-order chi connectivity index (χ0) is 15.8. The van der Waals surface area contributed by atoms with E-state index < -0.39 is 0 Å². The predicted molar refractivity (Wildman–Crippen MR) is 89.8 cm³/mol. The lowest BCUT2D eigenvalue weighted by molar-refractivity contribution is 0.626. The van der Waals surface area contributed by atoms with Gasteiger partial charge in [0.05, 0.1) is 6.54 Å². The van der Waals surface area contributed by atoms with Crippen LogP contribution >= 0.6 is 11.3 Å². The molecule has 2 N–H and O–H groups in total. The molecular weight excluding hydrogens is 299 g/mol. The Kier molecular flexibility index (Phi) is 6.33. The second kappa shape index (κ2) is 8.48. The van der Waals surface area contributed by atoms with Gasteiger partial charge in [-0.2, -0.15) is 0 Å². The van der Waals surface area contributed by atoms with Crippen LogP contribution in [0.4, 0.5) is 4.39 Å². The molecule has 1 heterocycles. The normalized spacial score (nSPS) is 11.5. The molecule has 6 heteroatoms. The number of hydrogen-bond acceptors (Lipinski definition) is 3. The Morgan fingerprint density at radius 3 is 2.68 bits per heavy atom. The van der Waals surface area contributed by atoms with E-state index in [4.69, 9.17) is 0 Å². The van der Waals surface area contributed by atoms with Gasteiger partial charge in [0, 0.05) is 24.7 Å². The Morgan fingerprint density at radius 1 is 1.27 bits per heavy atom. The van der Waals surface area contributed by atoms with E-state index in [0.29, 0.717) is 6.54 Å². The highest BCUT2D eigenvalue weighted by Gasteiger charge is 2.02. The smallest absolute Gasteiger partial charge is 0.191 e. The van der Waals surface area contributed by atoms with Crippen LogP contribution in [0.25, 0.3) is 0 Å². The van der Waals surface area contributed by atoms with Crippen LogP contribution in [0.15, 0.2) is 35.5 Å². The van der Waals surface area contributed by atoms with Gasteiger partial charge in [-0.1, -0.05) is 19.1 Å². The highest BCUT2D eigenvalue weighted by molar-refractivity contribution is 7.11. The van der Waals surface area contributed by atoms with E-state index in [1.165, 1.54) is 17.0 Å². The maximum Gasteiger partial charge on any atom is 0.191 e. The molecule has 0 spiro atoms. The molecule has 2 rings (SSSR count). The van der Waals surface area contributed by atoms with Crippen LogP contribution in [0.1, 0.15) is 22.4 Å². The Balaban J connectivity index is 1.74. The number of thiazole rings is 1. The number of nitrogens with zero attached hydrogens (tertiary/aromatic N) is 2. The fourth-order valence-corrected chi connectivity index (χ4v) is 2.75. The summed E-state index contributed by atoms with van der Waals surface area (Å²) in [6, 6.07) is 6.57. The van der Waals surface area contributed by atoms with Crippen molar-refractivity contribution in [1.29, 1.82) is 0 Å². The lowest BCUT2D eigenvalue weighted by Gasteiger charge is -2.10. The highest BCUT2D eigenvalue weighted by Crippen LogP contribution is 2.12. The van der Waals surface area contributed by atoms with Crippen molar-refractivity contribution in [3.8, 4) is 0 Å². The molecular formula is C16H21FN4S. The molecule has 0 amide bonds. The minimum atomic E-state index is -0.205. The summed E-state index contributed by atoms with van der Waals surface area (Å²) < 4.78 is 12.8. The first-order valence-electron chi connectivity index (χ1n) is 7.33. The molecule has 0 aliphatic heterocycles. The van der Waals surface area contributed by atoms with Gasteiger partial charge in [0.2, 0.25) is 0 Å². The summed E-state index contributed by atoms with van der Waals surface area (Å²) in [4.78, 5) is 9.84. The van der Waals surface area contributed by atoms with E-state index in [9.17, 15) is 4.39 Å². The monoisotopic (exact) mass is 320 g/mol. The molecule has 1 aromatic carbocycles. The largest absolute Gasteiger partial charge is 0.356 e. The van der Waals surface area contributed by atoms with Crippen LogP contribution < -0.4 is 10.6 Å². The summed E-state index contributed by atoms with van der Waals surface area (Å²) >= 11 is 1.72. The van der Waals surface area contributed by atoms with Gasteiger partial charge in [-0.15, -0.1) is 11.3 Å². The number of nitrogens with one attached hydrogen (secondary N) is 2. The highest BCUT2D eigenvalue weighted by atomic mass is 32.1. The van der Waals surface area contributed by atoms with Crippen LogP contribution in [0.2, 0.25) is 0 Å². The van der Waals surface area contributed by atoms with Gasteiger partial charge in [0.1, 0.15) is 10.8 Å². The number of aromatic nitrogens is 1. The molecule has 2 aromatic rings. The number of aryl methyl sites for hydroxylation is 1. The number of rotatable bonds is 6. The summed E-state index contributed by atoms with van der Waals surface area (Å²) in [5, 5.41) is 7.54. The average Bonchev–Trinajstić information content (AvgIpc) is 3.00. The molecule has 0 radical (unpaired) electrons. The Morgan fingerprint density at radius 2 is 2.05 bits per heavy atom. The first-order valence-corrected chi connectivity index (χ1v) is 8.15. The SMILES string of the molecule is CCc1cnc(CNC(=NC)NCCc2ccc(F)cc2)s1. The summed E-state index contributed by atoms with van der Waals surface area (Å²) in [5.41, 5.74) is 1.09. The number of halogens is 1. The van der Waals surface area contributed by atoms with Crippen molar-refractivity contribution in [3.63, 3.8) is 0 Å². The van der Waals surface area contributed by atoms with Crippen molar-refractivity contribution >= 4 is 17.3 Å². The number of benzene rings is 1. The molecule has 118 valence electrons. The molecule has 0 unspecified atom stereocenters. The van der Waals surface area contributed by atoms with Crippen LogP contribution in [-0.2, 0) is 19.4 Å². The summed E-state index contributed by atoms with van der Waals surface area (Å²) in [6.07, 6.45) is 3.76. The molecule has 0 saturated heterocycles. The van der Waals surface area contributed by atoms with Gasteiger partial charge in [-0.3, -0.25) is 4.99 Å². The van der Waals surface area contributed by atoms with Crippen molar-refractivity contribution in [2.24, 2.45) is 4.99 Å². The van der Waals surface area contributed by atoms with Crippen molar-refractivity contribution < 1.29 is 4.39 Å². The molecule has 0 aliphatic carbocycles. The number of guanidine groups is 1. The second-order valence-corrected chi connectivity index (χ2v) is 6.00. The first-order chi connectivity index (χ1) is 10.7. The second-order valence-electron chi connectivity index (χ2n) is 4.80. The maximum atomic E-state index is 12.8. The zero-order valence-electron chi connectivity index (χ0n) is 12.9. The van der Waals surface area contributed by atoms with Crippen molar-refractivity contribution in [2.75, 3.05) is 13.6 Å². The third kappa shape index (κ3) is 5.11. The van der Waals surface area contributed by atoms with E-state index in [0.717, 1.165) is 35.9 Å². The third-order valence-electron chi connectivity index (χ3n) is 3.20. The lowest BCUT2D eigenvalue weighted by Crippen LogP contribution is -2.37. The summed E-state index contributed by atoms with van der Waals surface area (Å²) in [6.45, 7) is 3.53. The molecule has 0 atom stereocenters. The average molecular weight is 320 g/mol. The maximum absolute atomic E-state index is 12.8. The van der Waals surface area contributed by atoms with Gasteiger partial charge < -0.3 is 10.6 Å². The van der Waals surface area contributed by atoms with Crippen LogP contribution in [-0.4, -0.2) is 24.5 Å². The van der Waals surface area contributed by atoms with Crippen LogP contribution in [0.5, 0.6) is 0 Å². The van der Waals surface area contributed by atoms with Crippen molar-refractivity contribution in [1.82, 2.24) is 15.6 Å². The molecule has 1 aromatic heterocycles. The van der Waals surface area contributed by atoms with Crippen LogP contribution in [0.3, 0.4) is 0 Å². The molecule has 0 aliphatic rings. The van der Waals surface area contributed by atoms with Gasteiger partial charge in [-0.25, -0.2) is 9.37 Å². The van der Waals surface area contributed by atoms with E-state index >= 15 is 0 Å². The molecule has 4 nitrogen and oxygen atoms in total. The topological polar surface area (TPSA) is 49.3 Å². The van der Waals surface area contributed by atoms with E-state index in [1.54, 1.807) is 30.5 Å². The quantitative estimate of drug-likeness (QED) is 0.635. The molecule has 0 saturated carbocycles. The van der Waals surface area contributed by atoms with Gasteiger partial charge in [0.15, 0.2) is 5.96 Å². The fraction of sp³-hybridized carbons (Fsp3) is 0.375. The fourth-order valence-electron chi connectivity index (χ4n) is 1.95. The molecule has 0 fully saturated rings. The van der Waals surface area contributed by atoms with Gasteiger partial charge in [-0.05, 0) is 30.5 Å². The van der Waals surface area contributed by atoms with Crippen molar-refractivity contribution in [2.45, 2.75) is 26.3 Å². The Hall–Kier alpha value is -1.95. The summed E-state index contributed by atoms with van der Waals surface area (Å²) in [7, 11) is 1.74. The van der Waals surface area contributed by atoms with E-state index in [-0.39, 0.29) is 5.82 Å².